The van der Waals surface area contributed by atoms with Crippen molar-refractivity contribution in [2.24, 2.45) is 11.8 Å². The van der Waals surface area contributed by atoms with Crippen LogP contribution in [0.5, 0.6) is 0 Å². The molecular weight excluding hydrogens is 794 g/mol. The second-order valence-electron chi connectivity index (χ2n) is 17.2. The number of ether oxygens (including phenoxy) is 2. The zero-order valence-electron chi connectivity index (χ0n) is 36.8. The van der Waals surface area contributed by atoms with Crippen molar-refractivity contribution in [3.8, 4) is 0 Å². The number of hydrogen-bond donors (Lipinski definition) is 0. The standard InChI is InChI=1S/C19H26OSi.2C10H18O2.C6H16OSi.CH4.Y/c1-16(2)20-21(19(3,4)5,17-12-8-6-9-13-17)18-14-10-7-11-15-18;1-8(2)12-10(11)7-9-5-3-4-6-9;1-5-9(6-2)7-10(11)12-8(3)4;1-6(2)7-8(3,4)5;;/h6-16H,1-5H3;8-9H,3-7H2,1-2H3;8-9H,1-2,5-7H2,3-4H3;6H,1-5H3;1H4;/q;;-2;;;. The van der Waals surface area contributed by atoms with Crippen molar-refractivity contribution in [1.29, 1.82) is 0 Å². The van der Waals surface area contributed by atoms with Crippen LogP contribution in [0.25, 0.3) is 0 Å². The minimum atomic E-state index is -2.31. The largest absolute Gasteiger partial charge is 0.463 e. The van der Waals surface area contributed by atoms with E-state index in [0.717, 1.165) is 12.8 Å². The molecule has 2 aromatic rings. The average molecular weight is 876 g/mol. The molecule has 1 fully saturated rings. The summed E-state index contributed by atoms with van der Waals surface area (Å²) in [5, 5.41) is 2.76. The van der Waals surface area contributed by atoms with Crippen LogP contribution >= 0.6 is 0 Å². The molecule has 0 aliphatic heterocycles. The maximum Gasteiger partial charge on any atom is 0.306 e. The molecule has 0 N–H and O–H groups in total. The molecule has 0 atom stereocenters. The Bertz CT molecular complexity index is 1170. The van der Waals surface area contributed by atoms with Crippen molar-refractivity contribution >= 4 is 38.9 Å². The van der Waals surface area contributed by atoms with E-state index in [0.29, 0.717) is 24.9 Å². The first-order chi connectivity index (χ1) is 24.6. The molecular formula is C46H82O6Si2Y-2. The normalized spacial score (nSPS) is 13.1. The number of rotatable bonds is 14. The molecule has 1 saturated carbocycles. The summed E-state index contributed by atoms with van der Waals surface area (Å²) in [6, 6.07) is 21.5. The van der Waals surface area contributed by atoms with Crippen LogP contribution in [-0.2, 0) is 60.6 Å². The van der Waals surface area contributed by atoms with E-state index in [1.165, 1.54) is 36.1 Å². The molecule has 0 bridgehead atoms. The number of benzene rings is 2. The molecule has 0 aromatic heterocycles. The fourth-order valence-corrected chi connectivity index (χ4v) is 12.5. The Balaban J connectivity index is -0.000000692. The van der Waals surface area contributed by atoms with Crippen molar-refractivity contribution in [3.05, 3.63) is 74.5 Å². The van der Waals surface area contributed by atoms with E-state index in [9.17, 15) is 9.59 Å². The minimum Gasteiger partial charge on any atom is -0.463 e. The van der Waals surface area contributed by atoms with Crippen LogP contribution < -0.4 is 10.4 Å². The third kappa shape index (κ3) is 25.7. The van der Waals surface area contributed by atoms with E-state index in [1.807, 2.05) is 27.7 Å². The third-order valence-electron chi connectivity index (χ3n) is 8.35. The van der Waals surface area contributed by atoms with E-state index in [-0.39, 0.29) is 81.3 Å². The van der Waals surface area contributed by atoms with Gasteiger partial charge in [0.05, 0.1) is 12.2 Å². The maximum atomic E-state index is 11.2. The zero-order valence-corrected chi connectivity index (χ0v) is 41.7. The minimum absolute atomic E-state index is 0. The van der Waals surface area contributed by atoms with Gasteiger partial charge >= 0.3 is 11.9 Å². The molecule has 315 valence electrons. The molecule has 0 saturated heterocycles. The smallest absolute Gasteiger partial charge is 0.306 e. The molecule has 1 aliphatic carbocycles. The molecule has 1 radical (unpaired) electrons. The topological polar surface area (TPSA) is 71.1 Å². The van der Waals surface area contributed by atoms with Gasteiger partial charge in [-0.25, -0.2) is 0 Å². The third-order valence-corrected chi connectivity index (χ3v) is 14.8. The molecule has 55 heavy (non-hydrogen) atoms. The summed E-state index contributed by atoms with van der Waals surface area (Å²) >= 11 is 0. The van der Waals surface area contributed by atoms with Crippen LogP contribution in [0.1, 0.15) is 135 Å². The summed E-state index contributed by atoms with van der Waals surface area (Å²) in [7, 11) is -3.53. The van der Waals surface area contributed by atoms with Crippen LogP contribution in [0.4, 0.5) is 0 Å². The fourth-order valence-electron chi connectivity index (χ4n) is 6.41. The zero-order chi connectivity index (χ0) is 40.8. The van der Waals surface area contributed by atoms with Crippen LogP contribution in [0.15, 0.2) is 60.7 Å². The van der Waals surface area contributed by atoms with E-state index >= 15 is 0 Å². The van der Waals surface area contributed by atoms with Gasteiger partial charge in [-0.15, -0.1) is 0 Å². The molecule has 2 aromatic carbocycles. The molecule has 0 spiro atoms. The quantitative estimate of drug-likeness (QED) is 0.107. The summed E-state index contributed by atoms with van der Waals surface area (Å²) < 4.78 is 22.4. The van der Waals surface area contributed by atoms with Crippen molar-refractivity contribution in [2.75, 3.05) is 0 Å². The molecule has 0 unspecified atom stereocenters. The molecule has 9 heteroatoms. The molecule has 0 amide bonds. The predicted molar refractivity (Wildman–Crippen MR) is 237 cm³/mol. The summed E-state index contributed by atoms with van der Waals surface area (Å²) in [4.78, 5) is 22.3. The van der Waals surface area contributed by atoms with E-state index in [1.54, 1.807) is 0 Å². The number of esters is 2. The Morgan fingerprint density at radius 2 is 1.05 bits per heavy atom. The van der Waals surface area contributed by atoms with Gasteiger partial charge in [-0.1, -0.05) is 108 Å². The predicted octanol–water partition coefficient (Wildman–Crippen LogP) is 11.8. The van der Waals surface area contributed by atoms with E-state index < -0.39 is 16.6 Å². The van der Waals surface area contributed by atoms with Crippen molar-refractivity contribution < 1.29 is 60.6 Å². The van der Waals surface area contributed by atoms with Crippen molar-refractivity contribution in [1.82, 2.24) is 0 Å². The van der Waals surface area contributed by atoms with Crippen molar-refractivity contribution in [3.63, 3.8) is 0 Å². The van der Waals surface area contributed by atoms with Gasteiger partial charge in [0, 0.05) is 57.8 Å². The van der Waals surface area contributed by atoms with Gasteiger partial charge in [0.25, 0.3) is 8.32 Å². The van der Waals surface area contributed by atoms with Crippen LogP contribution in [0.2, 0.25) is 24.7 Å². The van der Waals surface area contributed by atoms with E-state index in [4.69, 9.17) is 18.3 Å². The maximum absolute atomic E-state index is 11.2. The first kappa shape index (κ1) is 58.2. The second kappa shape index (κ2) is 30.0. The molecule has 6 nitrogen and oxygen atoms in total. The van der Waals surface area contributed by atoms with Gasteiger partial charge in [-0.3, -0.25) is 9.59 Å². The van der Waals surface area contributed by atoms with Gasteiger partial charge in [0.1, 0.15) is 0 Å². The van der Waals surface area contributed by atoms with Gasteiger partial charge in [-0.05, 0) is 109 Å². The number of hydrogen-bond acceptors (Lipinski definition) is 6. The monoisotopic (exact) mass is 875 g/mol. The Labute approximate surface area is 367 Å². The SMILES string of the molecule is C.CC(C)OC(=O)CC1CCCC1.CC(C)O[Si](C)(C)C.CC(C)O[Si](c1ccccc1)(c1ccccc1)C(C)(C)C.[CH2-]CC(C[CH2-])CC(=O)OC(C)C.[Y]. The summed E-state index contributed by atoms with van der Waals surface area (Å²) in [6.45, 7) is 36.9. The Morgan fingerprint density at radius 3 is 1.35 bits per heavy atom. The Hall–Kier alpha value is -1.16. The van der Waals surface area contributed by atoms with Crippen LogP contribution in [0, 0.1) is 25.7 Å². The Morgan fingerprint density at radius 1 is 0.673 bits per heavy atom. The van der Waals surface area contributed by atoms with Crippen LogP contribution in [0.3, 0.4) is 0 Å². The summed E-state index contributed by atoms with van der Waals surface area (Å²) in [5.74, 6) is 0.728. The van der Waals surface area contributed by atoms with Gasteiger partial charge < -0.3 is 32.2 Å². The fraction of sp³-hybridized carbons (Fsp3) is 0.652. The van der Waals surface area contributed by atoms with Crippen molar-refractivity contribution in [2.45, 2.75) is 184 Å². The molecule has 1 aliphatic rings. The van der Waals surface area contributed by atoms with Gasteiger partial charge in [0.2, 0.25) is 0 Å². The average Bonchev–Trinajstić information content (AvgIpc) is 3.54. The van der Waals surface area contributed by atoms with Gasteiger partial charge in [0.15, 0.2) is 8.32 Å². The summed E-state index contributed by atoms with van der Waals surface area (Å²) in [6.07, 6.45) is 8.22. The number of carbonyl (C=O) groups is 2. The Kier molecular flexibility index (Phi) is 31.7. The number of carbonyl (C=O) groups excluding carboxylic acids is 2. The second-order valence-corrected chi connectivity index (χ2v) is 25.9. The molecule has 0 heterocycles. The first-order valence-corrected chi connectivity index (χ1v) is 25.3. The summed E-state index contributed by atoms with van der Waals surface area (Å²) in [5.41, 5.74) is 0. The first-order valence-electron chi connectivity index (χ1n) is 20.0. The van der Waals surface area contributed by atoms with Crippen LogP contribution in [-0.4, -0.2) is 53.0 Å². The van der Waals surface area contributed by atoms with Gasteiger partial charge in [-0.2, -0.15) is 12.8 Å². The molecule has 3 rings (SSSR count). The van der Waals surface area contributed by atoms with E-state index in [2.05, 4.69) is 143 Å².